The molecule has 3 N–H and O–H groups in total. The van der Waals surface area contributed by atoms with Crippen molar-refractivity contribution < 1.29 is 18.0 Å². The lowest BCUT2D eigenvalue weighted by Gasteiger charge is -2.13. The van der Waals surface area contributed by atoms with Crippen molar-refractivity contribution in [1.82, 2.24) is 20.1 Å². The van der Waals surface area contributed by atoms with E-state index < -0.39 is 23.3 Å². The van der Waals surface area contributed by atoms with Crippen LogP contribution in [0.4, 0.5) is 18.9 Å². The maximum Gasteiger partial charge on any atom is 0.418 e. The van der Waals surface area contributed by atoms with Crippen LogP contribution in [0, 0.1) is 0 Å². The number of carbonyl (C=O) groups is 1. The van der Waals surface area contributed by atoms with Gasteiger partial charge in [-0.05, 0) is 12.1 Å². The molecular formula is C12H12F3N5O. The quantitative estimate of drug-likeness (QED) is 0.838. The summed E-state index contributed by atoms with van der Waals surface area (Å²) in [6.07, 6.45) is -3.16. The van der Waals surface area contributed by atoms with Gasteiger partial charge in [-0.2, -0.15) is 13.2 Å². The normalized spacial score (nSPS) is 11.4. The first-order valence-corrected chi connectivity index (χ1v) is 5.87. The topological polar surface area (TPSA) is 85.8 Å². The average molecular weight is 299 g/mol. The number of halogens is 3. The molecule has 0 spiro atoms. The Labute approximate surface area is 117 Å². The summed E-state index contributed by atoms with van der Waals surface area (Å²) in [6, 6.07) is 3.20. The smallest absolute Gasteiger partial charge is 0.398 e. The van der Waals surface area contributed by atoms with Gasteiger partial charge >= 0.3 is 6.18 Å². The molecule has 9 heteroatoms. The lowest BCUT2D eigenvalue weighted by molar-refractivity contribution is -0.136. The van der Waals surface area contributed by atoms with Crippen molar-refractivity contribution in [2.75, 3.05) is 5.73 Å². The lowest BCUT2D eigenvalue weighted by atomic mass is 10.1. The molecular weight excluding hydrogens is 287 g/mol. The highest BCUT2D eigenvalue weighted by Crippen LogP contribution is 2.34. The molecule has 1 amide bonds. The number of para-hydroxylation sites is 1. The van der Waals surface area contributed by atoms with Crippen LogP contribution in [0.15, 0.2) is 24.5 Å². The average Bonchev–Trinajstić information content (AvgIpc) is 2.80. The van der Waals surface area contributed by atoms with Crippen LogP contribution in [0.3, 0.4) is 0 Å². The Hall–Kier alpha value is -2.58. The Kier molecular flexibility index (Phi) is 3.83. The van der Waals surface area contributed by atoms with Crippen molar-refractivity contribution in [3.63, 3.8) is 0 Å². The van der Waals surface area contributed by atoms with E-state index in [0.717, 1.165) is 12.1 Å². The van der Waals surface area contributed by atoms with Crippen LogP contribution >= 0.6 is 0 Å². The number of alkyl halides is 3. The molecule has 2 rings (SSSR count). The minimum absolute atomic E-state index is 0.0328. The summed E-state index contributed by atoms with van der Waals surface area (Å²) in [6.45, 7) is 0.0328. The summed E-state index contributed by atoms with van der Waals surface area (Å²) in [5.41, 5.74) is 3.58. The van der Waals surface area contributed by atoms with Crippen LogP contribution in [-0.4, -0.2) is 20.7 Å². The first-order chi connectivity index (χ1) is 9.80. The van der Waals surface area contributed by atoms with Crippen molar-refractivity contribution in [2.45, 2.75) is 12.7 Å². The molecule has 2 aromatic rings. The Morgan fingerprint density at radius 3 is 2.71 bits per heavy atom. The number of nitrogens with one attached hydrogen (secondary N) is 1. The van der Waals surface area contributed by atoms with E-state index in [-0.39, 0.29) is 12.1 Å². The van der Waals surface area contributed by atoms with E-state index in [1.54, 1.807) is 11.6 Å². The third kappa shape index (κ3) is 3.12. The second-order valence-electron chi connectivity index (χ2n) is 4.31. The fraction of sp³-hybridized carbons (Fsp3) is 0.250. The number of aromatic nitrogens is 3. The van der Waals surface area contributed by atoms with Gasteiger partial charge < -0.3 is 15.6 Å². The largest absolute Gasteiger partial charge is 0.418 e. The fourth-order valence-corrected chi connectivity index (χ4v) is 1.73. The summed E-state index contributed by atoms with van der Waals surface area (Å²) in [4.78, 5) is 11.9. The van der Waals surface area contributed by atoms with Gasteiger partial charge in [-0.1, -0.05) is 6.07 Å². The molecule has 1 aromatic carbocycles. The highest BCUT2D eigenvalue weighted by molar-refractivity contribution is 5.99. The molecule has 0 saturated heterocycles. The molecule has 0 bridgehead atoms. The second kappa shape index (κ2) is 5.43. The van der Waals surface area contributed by atoms with Gasteiger partial charge in [0.1, 0.15) is 6.33 Å². The predicted octanol–water partition coefficient (Wildman–Crippen LogP) is 1.35. The van der Waals surface area contributed by atoms with Gasteiger partial charge in [-0.15, -0.1) is 10.2 Å². The van der Waals surface area contributed by atoms with E-state index in [1.807, 2.05) is 0 Å². The SMILES string of the molecule is Cn1cnnc1CNC(=O)c1cccc(C(F)(F)F)c1N. The Morgan fingerprint density at radius 1 is 1.43 bits per heavy atom. The summed E-state index contributed by atoms with van der Waals surface area (Å²) >= 11 is 0. The van der Waals surface area contributed by atoms with Crippen molar-refractivity contribution in [3.05, 3.63) is 41.5 Å². The predicted molar refractivity (Wildman–Crippen MR) is 68.0 cm³/mol. The highest BCUT2D eigenvalue weighted by atomic mass is 19.4. The number of nitrogens with zero attached hydrogens (tertiary/aromatic N) is 3. The molecule has 0 saturated carbocycles. The number of hydrogen-bond donors (Lipinski definition) is 2. The number of hydrogen-bond acceptors (Lipinski definition) is 4. The zero-order valence-corrected chi connectivity index (χ0v) is 11.0. The number of amides is 1. The molecule has 112 valence electrons. The first kappa shape index (κ1) is 14.8. The highest BCUT2D eigenvalue weighted by Gasteiger charge is 2.34. The van der Waals surface area contributed by atoms with Gasteiger partial charge in [0.15, 0.2) is 5.82 Å². The molecule has 0 aliphatic carbocycles. The maximum absolute atomic E-state index is 12.7. The van der Waals surface area contributed by atoms with Gasteiger partial charge in [-0.25, -0.2) is 0 Å². The van der Waals surface area contributed by atoms with Gasteiger partial charge in [0.2, 0.25) is 0 Å². The summed E-state index contributed by atoms with van der Waals surface area (Å²) in [5.74, 6) is -0.240. The monoisotopic (exact) mass is 299 g/mol. The molecule has 0 fully saturated rings. The van der Waals surface area contributed by atoms with Gasteiger partial charge in [-0.3, -0.25) is 4.79 Å². The van der Waals surface area contributed by atoms with Gasteiger partial charge in [0.05, 0.1) is 23.4 Å². The van der Waals surface area contributed by atoms with E-state index in [4.69, 9.17) is 5.73 Å². The van der Waals surface area contributed by atoms with E-state index in [2.05, 4.69) is 15.5 Å². The van der Waals surface area contributed by atoms with E-state index in [1.165, 1.54) is 12.4 Å². The number of aryl methyl sites for hydroxylation is 1. The summed E-state index contributed by atoms with van der Waals surface area (Å²) in [5, 5.41) is 9.82. The number of nitrogens with two attached hydrogens (primary N) is 1. The number of anilines is 1. The van der Waals surface area contributed by atoms with Gasteiger partial charge in [0.25, 0.3) is 5.91 Å². The molecule has 1 heterocycles. The molecule has 1 aromatic heterocycles. The van der Waals surface area contributed by atoms with Crippen LogP contribution in [0.2, 0.25) is 0 Å². The van der Waals surface area contributed by atoms with Crippen molar-refractivity contribution >= 4 is 11.6 Å². The molecule has 0 unspecified atom stereocenters. The molecule has 0 atom stereocenters. The number of carbonyl (C=O) groups excluding carboxylic acids is 1. The Balaban J connectivity index is 2.18. The summed E-state index contributed by atoms with van der Waals surface area (Å²) < 4.78 is 39.7. The standard InChI is InChI=1S/C12H12F3N5O/c1-20-6-18-19-9(20)5-17-11(21)7-3-2-4-8(10(7)16)12(13,14)15/h2-4,6H,5,16H2,1H3,(H,17,21). The fourth-order valence-electron chi connectivity index (χ4n) is 1.73. The Bertz CT molecular complexity index is 665. The van der Waals surface area contributed by atoms with Crippen molar-refractivity contribution in [1.29, 1.82) is 0 Å². The van der Waals surface area contributed by atoms with E-state index in [9.17, 15) is 18.0 Å². The lowest BCUT2D eigenvalue weighted by Crippen LogP contribution is -2.26. The van der Waals surface area contributed by atoms with Crippen molar-refractivity contribution in [3.8, 4) is 0 Å². The Morgan fingerprint density at radius 2 is 2.14 bits per heavy atom. The third-order valence-electron chi connectivity index (χ3n) is 2.87. The zero-order valence-electron chi connectivity index (χ0n) is 11.0. The molecule has 0 aliphatic heterocycles. The molecule has 0 radical (unpaired) electrons. The number of rotatable bonds is 3. The first-order valence-electron chi connectivity index (χ1n) is 5.87. The number of benzene rings is 1. The van der Waals surface area contributed by atoms with Crippen LogP contribution in [0.1, 0.15) is 21.7 Å². The molecule has 6 nitrogen and oxygen atoms in total. The molecule has 0 aliphatic rings. The zero-order chi connectivity index (χ0) is 15.6. The minimum Gasteiger partial charge on any atom is -0.398 e. The van der Waals surface area contributed by atoms with Crippen LogP contribution < -0.4 is 11.1 Å². The number of nitrogen functional groups attached to an aromatic ring is 1. The molecule has 21 heavy (non-hydrogen) atoms. The third-order valence-corrected chi connectivity index (χ3v) is 2.87. The summed E-state index contributed by atoms with van der Waals surface area (Å²) in [7, 11) is 1.68. The second-order valence-corrected chi connectivity index (χ2v) is 4.31. The van der Waals surface area contributed by atoms with Gasteiger partial charge in [0, 0.05) is 7.05 Å². The maximum atomic E-state index is 12.7. The van der Waals surface area contributed by atoms with Crippen molar-refractivity contribution in [2.24, 2.45) is 7.05 Å². The van der Waals surface area contributed by atoms with Crippen LogP contribution in [0.5, 0.6) is 0 Å². The minimum atomic E-state index is -4.61. The van der Waals surface area contributed by atoms with Crippen LogP contribution in [-0.2, 0) is 19.8 Å². The van der Waals surface area contributed by atoms with E-state index >= 15 is 0 Å². The van der Waals surface area contributed by atoms with Crippen LogP contribution in [0.25, 0.3) is 0 Å². The van der Waals surface area contributed by atoms with E-state index in [0.29, 0.717) is 5.82 Å².